The van der Waals surface area contributed by atoms with Crippen molar-refractivity contribution in [3.8, 4) is 17.2 Å². The molecule has 2 unspecified atom stereocenters. The summed E-state index contributed by atoms with van der Waals surface area (Å²) in [5.74, 6) is 0.987. The Morgan fingerprint density at radius 3 is 2.62 bits per heavy atom. The van der Waals surface area contributed by atoms with Gasteiger partial charge in [-0.3, -0.25) is 9.89 Å². The minimum absolute atomic E-state index is 0.519. The number of nitrogens with zero attached hydrogens (tertiary/aromatic N) is 7. The number of aliphatic imine (C=N–C) groups is 1. The minimum Gasteiger partial charge on any atom is -0.404 e. The molecule has 4 aromatic rings. The average molecular weight is 549 g/mol. The summed E-state index contributed by atoms with van der Waals surface area (Å²) in [7, 11) is 0. The number of rotatable bonds is 8. The number of hydrogen-bond acceptors (Lipinski definition) is 8. The number of piperidine rings is 1. The molecule has 0 spiro atoms. The summed E-state index contributed by atoms with van der Waals surface area (Å²) in [6.45, 7) is 5.61. The average Bonchev–Trinajstić information content (AvgIpc) is 3.43. The van der Waals surface area contributed by atoms with Gasteiger partial charge in [-0.05, 0) is 55.5 Å². The number of aromatic nitrogens is 3. The molecule has 3 aromatic heterocycles. The summed E-state index contributed by atoms with van der Waals surface area (Å²) in [6.07, 6.45) is 12.1. The van der Waals surface area contributed by atoms with Gasteiger partial charge in [0, 0.05) is 90.2 Å². The highest BCUT2D eigenvalue weighted by atomic mass is 32.2. The molecular formula is C31H32N8S. The van der Waals surface area contributed by atoms with Crippen molar-refractivity contribution in [2.45, 2.75) is 36.9 Å². The molecule has 0 saturated carbocycles. The van der Waals surface area contributed by atoms with Gasteiger partial charge in [-0.25, -0.2) is 9.50 Å². The largest absolute Gasteiger partial charge is 0.404 e. The molecule has 9 heteroatoms. The van der Waals surface area contributed by atoms with Crippen LogP contribution in [0.5, 0.6) is 0 Å². The van der Waals surface area contributed by atoms with Crippen LogP contribution in [0.4, 0.5) is 5.82 Å². The van der Waals surface area contributed by atoms with Crippen LogP contribution in [0.3, 0.4) is 0 Å². The number of thioether (sulfide) groups is 1. The number of anilines is 1. The van der Waals surface area contributed by atoms with E-state index in [0.29, 0.717) is 24.2 Å². The second kappa shape index (κ2) is 11.2. The maximum Gasteiger partial charge on any atom is 0.128 e. The van der Waals surface area contributed by atoms with E-state index in [4.69, 9.17) is 10.7 Å². The molecule has 2 atom stereocenters. The van der Waals surface area contributed by atoms with E-state index in [0.717, 1.165) is 53.2 Å². The second-order valence-corrected chi connectivity index (χ2v) is 11.1. The quantitative estimate of drug-likeness (QED) is 0.248. The summed E-state index contributed by atoms with van der Waals surface area (Å²) in [6, 6.07) is 18.5. The Hall–Kier alpha value is -4.13. The Kier molecular flexibility index (Phi) is 7.29. The smallest absolute Gasteiger partial charge is 0.128 e. The maximum atomic E-state index is 9.73. The molecule has 7 rings (SSSR count). The lowest BCUT2D eigenvalue weighted by molar-refractivity contribution is -0.00869. The second-order valence-electron chi connectivity index (χ2n) is 10.2. The number of piperazine rings is 1. The van der Waals surface area contributed by atoms with Gasteiger partial charge in [-0.15, -0.1) is 11.8 Å². The predicted molar refractivity (Wildman–Crippen MR) is 163 cm³/mol. The van der Waals surface area contributed by atoms with Crippen LogP contribution in [0.1, 0.15) is 30.0 Å². The standard InChI is InChI=1S/C31H32N8S/c1-3-34-14-24(12-32)23-10-29(31-25(13-33)16-36-39(31)18-23)22-6-9-30(35-15-22)37-19-26-11-27(20-37)38(26)17-21-4-7-28(40-2)8-5-21/h4-10,12,14-16,18,26-27H,3,11,17,19-20,32H2,1-2H3. The zero-order chi connectivity index (χ0) is 27.6. The third-order valence-electron chi connectivity index (χ3n) is 7.91. The molecule has 0 amide bonds. The molecule has 0 aliphatic carbocycles. The minimum atomic E-state index is 0.519. The molecular weight excluding hydrogens is 516 g/mol. The van der Waals surface area contributed by atoms with Crippen molar-refractivity contribution in [3.63, 3.8) is 0 Å². The SMILES string of the molecule is CCN=CC(=CN)c1cc(-c2ccc(N3CC4CC(C3)N4Cc3ccc(SC)cc3)nc2)c2c(C#N)cnn2c1. The van der Waals surface area contributed by atoms with Gasteiger partial charge in [0.25, 0.3) is 0 Å². The Balaban J connectivity index is 1.23. The number of pyridine rings is 2. The van der Waals surface area contributed by atoms with Gasteiger partial charge in [0.15, 0.2) is 0 Å². The van der Waals surface area contributed by atoms with Crippen LogP contribution in [0.15, 0.2) is 77.1 Å². The highest BCUT2D eigenvalue weighted by Crippen LogP contribution is 2.36. The molecule has 1 aromatic carbocycles. The van der Waals surface area contributed by atoms with Gasteiger partial charge < -0.3 is 10.6 Å². The topological polar surface area (TPSA) is 98.8 Å². The molecule has 3 aliphatic rings. The van der Waals surface area contributed by atoms with Crippen molar-refractivity contribution in [2.24, 2.45) is 10.7 Å². The molecule has 2 bridgehead atoms. The Morgan fingerprint density at radius 2 is 1.98 bits per heavy atom. The van der Waals surface area contributed by atoms with E-state index >= 15 is 0 Å². The fourth-order valence-corrected chi connectivity index (χ4v) is 6.20. The van der Waals surface area contributed by atoms with Gasteiger partial charge in [-0.2, -0.15) is 10.4 Å². The molecule has 3 saturated heterocycles. The number of benzene rings is 1. The summed E-state index contributed by atoms with van der Waals surface area (Å²) in [4.78, 5) is 15.6. The van der Waals surface area contributed by atoms with Gasteiger partial charge >= 0.3 is 0 Å². The van der Waals surface area contributed by atoms with Gasteiger partial charge in [0.1, 0.15) is 11.9 Å². The van der Waals surface area contributed by atoms with Crippen LogP contribution < -0.4 is 10.6 Å². The van der Waals surface area contributed by atoms with E-state index in [1.165, 1.54) is 16.9 Å². The predicted octanol–water partition coefficient (Wildman–Crippen LogP) is 4.84. The van der Waals surface area contributed by atoms with Crippen LogP contribution in [-0.2, 0) is 6.54 Å². The number of allylic oxidation sites excluding steroid dienone is 1. The van der Waals surface area contributed by atoms with Crippen LogP contribution >= 0.6 is 11.8 Å². The van der Waals surface area contributed by atoms with E-state index in [1.807, 2.05) is 25.4 Å². The Labute approximate surface area is 238 Å². The first kappa shape index (κ1) is 26.1. The van der Waals surface area contributed by atoms with E-state index in [9.17, 15) is 5.26 Å². The molecule has 202 valence electrons. The lowest BCUT2D eigenvalue weighted by Crippen LogP contribution is -2.68. The van der Waals surface area contributed by atoms with Crippen LogP contribution in [0.2, 0.25) is 0 Å². The van der Waals surface area contributed by atoms with E-state index in [2.05, 4.69) is 68.6 Å². The zero-order valence-corrected chi connectivity index (χ0v) is 23.6. The molecule has 3 aliphatic heterocycles. The summed E-state index contributed by atoms with van der Waals surface area (Å²) in [5, 5.41) is 14.2. The summed E-state index contributed by atoms with van der Waals surface area (Å²) in [5.41, 5.74) is 12.1. The molecule has 40 heavy (non-hydrogen) atoms. The van der Waals surface area contributed by atoms with Crippen LogP contribution in [-0.4, -0.2) is 63.7 Å². The summed E-state index contributed by atoms with van der Waals surface area (Å²) < 4.78 is 1.74. The lowest BCUT2D eigenvalue weighted by atomic mass is 9.86. The molecule has 3 fully saturated rings. The maximum absolute atomic E-state index is 9.73. The third-order valence-corrected chi connectivity index (χ3v) is 8.65. The lowest BCUT2D eigenvalue weighted by Gasteiger charge is -2.56. The first-order chi connectivity index (χ1) is 19.6. The highest BCUT2D eigenvalue weighted by Gasteiger charge is 2.44. The van der Waals surface area contributed by atoms with Crippen molar-refractivity contribution < 1.29 is 0 Å². The molecule has 8 nitrogen and oxygen atoms in total. The van der Waals surface area contributed by atoms with Gasteiger partial charge in [0.05, 0.1) is 17.3 Å². The van der Waals surface area contributed by atoms with Crippen LogP contribution in [0, 0.1) is 11.3 Å². The summed E-state index contributed by atoms with van der Waals surface area (Å²) >= 11 is 1.78. The normalized spacial score (nSPS) is 19.2. The number of hydrogen-bond donors (Lipinski definition) is 1. The molecule has 2 N–H and O–H groups in total. The number of fused-ring (bicyclic) bond motifs is 3. The van der Waals surface area contributed by atoms with E-state index in [-0.39, 0.29) is 0 Å². The molecule has 6 heterocycles. The third kappa shape index (κ3) is 4.85. The first-order valence-corrected chi connectivity index (χ1v) is 14.8. The van der Waals surface area contributed by atoms with Gasteiger partial charge in [0.2, 0.25) is 0 Å². The zero-order valence-electron chi connectivity index (χ0n) is 22.7. The van der Waals surface area contributed by atoms with Crippen molar-refractivity contribution in [3.05, 3.63) is 83.9 Å². The Morgan fingerprint density at radius 1 is 1.18 bits per heavy atom. The molecule has 0 radical (unpaired) electrons. The highest BCUT2D eigenvalue weighted by molar-refractivity contribution is 7.98. The fraction of sp³-hybridized carbons (Fsp3) is 0.290. The first-order valence-electron chi connectivity index (χ1n) is 13.6. The fourth-order valence-electron chi connectivity index (χ4n) is 5.79. The van der Waals surface area contributed by atoms with E-state index < -0.39 is 0 Å². The van der Waals surface area contributed by atoms with Gasteiger partial charge in [-0.1, -0.05) is 12.1 Å². The van der Waals surface area contributed by atoms with E-state index in [1.54, 1.807) is 34.9 Å². The van der Waals surface area contributed by atoms with Crippen molar-refractivity contribution in [1.29, 1.82) is 5.26 Å². The Bertz CT molecular complexity index is 1600. The number of nitriles is 1. The van der Waals surface area contributed by atoms with Crippen molar-refractivity contribution in [2.75, 3.05) is 30.8 Å². The number of nitrogens with two attached hydrogens (primary N) is 1. The van der Waals surface area contributed by atoms with Crippen LogP contribution in [0.25, 0.3) is 22.2 Å². The van der Waals surface area contributed by atoms with Crippen molar-refractivity contribution >= 4 is 34.9 Å². The monoisotopic (exact) mass is 548 g/mol. The van der Waals surface area contributed by atoms with Crippen molar-refractivity contribution in [1.82, 2.24) is 19.5 Å².